The number of hydrogen-bond donors (Lipinski definition) is 1. The largest absolute Gasteiger partial charge is 0.493 e. The first kappa shape index (κ1) is 17.0. The summed E-state index contributed by atoms with van der Waals surface area (Å²) in [6.45, 7) is -2.98. The lowest BCUT2D eigenvalue weighted by atomic mass is 10.2. The molecule has 0 atom stereocenters. The van der Waals surface area contributed by atoms with Gasteiger partial charge in [0, 0.05) is 11.1 Å². The van der Waals surface area contributed by atoms with Crippen LogP contribution in [0, 0.1) is 0 Å². The normalized spacial score (nSPS) is 10.9. The molecular weight excluding hydrogens is 356 g/mol. The molecule has 25 heavy (non-hydrogen) atoms. The van der Waals surface area contributed by atoms with Gasteiger partial charge >= 0.3 is 6.61 Å². The van der Waals surface area contributed by atoms with Crippen molar-refractivity contribution in [3.63, 3.8) is 0 Å². The third-order valence-corrected chi connectivity index (χ3v) is 3.65. The Morgan fingerprint density at radius 2 is 2.00 bits per heavy atom. The number of methoxy groups -OCH3 is 1. The van der Waals surface area contributed by atoms with Crippen LogP contribution in [-0.4, -0.2) is 19.6 Å². The van der Waals surface area contributed by atoms with Crippen LogP contribution in [0.1, 0.15) is 10.6 Å². The van der Waals surface area contributed by atoms with Gasteiger partial charge in [0.05, 0.1) is 12.1 Å². The van der Waals surface area contributed by atoms with Crippen LogP contribution in [0.4, 0.5) is 14.5 Å². The van der Waals surface area contributed by atoms with Crippen LogP contribution in [-0.2, 0) is 0 Å². The quantitative estimate of drug-likeness (QED) is 0.693. The van der Waals surface area contributed by atoms with Crippen molar-refractivity contribution >= 4 is 34.2 Å². The van der Waals surface area contributed by atoms with E-state index in [9.17, 15) is 13.6 Å². The van der Waals surface area contributed by atoms with Crippen molar-refractivity contribution in [3.05, 3.63) is 53.2 Å². The lowest BCUT2D eigenvalue weighted by Gasteiger charge is -2.08. The molecule has 0 aliphatic rings. The number of carbonyl (C=O) groups excluding carboxylic acids is 1. The molecule has 0 aliphatic heterocycles. The van der Waals surface area contributed by atoms with Gasteiger partial charge < -0.3 is 19.2 Å². The molecule has 0 fully saturated rings. The van der Waals surface area contributed by atoms with Gasteiger partial charge in [-0.1, -0.05) is 23.7 Å². The number of alkyl halides is 2. The maximum Gasteiger partial charge on any atom is 0.387 e. The Kier molecular flexibility index (Phi) is 4.76. The lowest BCUT2D eigenvalue weighted by molar-refractivity contribution is -0.0497. The van der Waals surface area contributed by atoms with Crippen molar-refractivity contribution in [3.8, 4) is 11.5 Å². The smallest absolute Gasteiger partial charge is 0.387 e. The molecule has 3 rings (SSSR count). The number of benzene rings is 2. The first-order chi connectivity index (χ1) is 12.0. The molecule has 2 aromatic carbocycles. The van der Waals surface area contributed by atoms with Crippen molar-refractivity contribution < 1.29 is 27.5 Å². The summed E-state index contributed by atoms with van der Waals surface area (Å²) >= 11 is 5.86. The number of carbonyl (C=O) groups is 1. The van der Waals surface area contributed by atoms with Gasteiger partial charge in [0.2, 0.25) is 0 Å². The Bertz CT molecular complexity index is 926. The average Bonchev–Trinajstić information content (AvgIpc) is 3.01. The maximum absolute atomic E-state index is 12.3. The van der Waals surface area contributed by atoms with Crippen molar-refractivity contribution in [2.24, 2.45) is 0 Å². The Labute approximate surface area is 146 Å². The van der Waals surface area contributed by atoms with E-state index in [1.807, 2.05) is 0 Å². The molecule has 0 bridgehead atoms. The number of rotatable bonds is 5. The number of hydrogen-bond acceptors (Lipinski definition) is 4. The molecule has 1 aromatic heterocycles. The predicted octanol–water partition coefficient (Wildman–Crippen LogP) is 4.95. The number of halogens is 3. The van der Waals surface area contributed by atoms with Crippen LogP contribution in [0.25, 0.3) is 11.0 Å². The fourth-order valence-corrected chi connectivity index (χ4v) is 2.50. The minimum absolute atomic E-state index is 0.0515. The van der Waals surface area contributed by atoms with E-state index in [1.165, 1.54) is 25.3 Å². The second-order valence-electron chi connectivity index (χ2n) is 4.97. The highest BCUT2D eigenvalue weighted by Crippen LogP contribution is 2.31. The van der Waals surface area contributed by atoms with E-state index in [0.717, 1.165) is 0 Å². The van der Waals surface area contributed by atoms with Gasteiger partial charge in [-0.2, -0.15) is 8.78 Å². The van der Waals surface area contributed by atoms with E-state index in [0.29, 0.717) is 22.4 Å². The minimum atomic E-state index is -2.98. The standard InChI is InChI=1S/C17H12ClF2NO4/c1-23-13-4-2-3-9-7-14(24-15(9)13)16(22)21-10-5-6-12(11(18)8-10)25-17(19)20/h2-8,17H,1H3,(H,21,22). The van der Waals surface area contributed by atoms with Crippen LogP contribution in [0.2, 0.25) is 5.02 Å². The molecule has 8 heteroatoms. The van der Waals surface area contributed by atoms with Gasteiger partial charge in [0.1, 0.15) is 5.75 Å². The van der Waals surface area contributed by atoms with Gasteiger partial charge in [0.25, 0.3) is 5.91 Å². The molecule has 0 saturated carbocycles. The molecule has 0 aliphatic carbocycles. The SMILES string of the molecule is COc1cccc2cc(C(=O)Nc3ccc(OC(F)F)c(Cl)c3)oc12. The van der Waals surface area contributed by atoms with E-state index >= 15 is 0 Å². The predicted molar refractivity (Wildman–Crippen MR) is 88.8 cm³/mol. The second kappa shape index (κ2) is 6.98. The highest BCUT2D eigenvalue weighted by molar-refractivity contribution is 6.32. The molecule has 0 unspecified atom stereocenters. The summed E-state index contributed by atoms with van der Waals surface area (Å²) in [4.78, 5) is 12.3. The van der Waals surface area contributed by atoms with E-state index in [1.54, 1.807) is 24.3 Å². The number of ether oxygens (including phenoxy) is 2. The maximum atomic E-state index is 12.3. The number of nitrogens with one attached hydrogen (secondary N) is 1. The summed E-state index contributed by atoms with van der Waals surface area (Å²) in [5.74, 6) is -0.114. The average molecular weight is 368 g/mol. The van der Waals surface area contributed by atoms with Crippen molar-refractivity contribution in [2.45, 2.75) is 6.61 Å². The first-order valence-corrected chi connectivity index (χ1v) is 7.48. The topological polar surface area (TPSA) is 60.7 Å². The van der Waals surface area contributed by atoms with Crippen LogP contribution >= 0.6 is 11.6 Å². The Balaban J connectivity index is 1.81. The fraction of sp³-hybridized carbons (Fsp3) is 0.118. The van der Waals surface area contributed by atoms with Crippen molar-refractivity contribution in [1.29, 1.82) is 0 Å². The summed E-state index contributed by atoms with van der Waals surface area (Å²) in [5.41, 5.74) is 0.762. The molecule has 1 amide bonds. The zero-order chi connectivity index (χ0) is 18.0. The zero-order valence-electron chi connectivity index (χ0n) is 12.9. The number of anilines is 1. The molecule has 0 radical (unpaired) electrons. The molecule has 0 saturated heterocycles. The summed E-state index contributed by atoms with van der Waals surface area (Å²) in [7, 11) is 1.50. The zero-order valence-corrected chi connectivity index (χ0v) is 13.6. The lowest BCUT2D eigenvalue weighted by Crippen LogP contribution is -2.11. The number of furan rings is 1. The highest BCUT2D eigenvalue weighted by Gasteiger charge is 2.16. The molecular formula is C17H12ClF2NO4. The van der Waals surface area contributed by atoms with Gasteiger partial charge in [-0.25, -0.2) is 0 Å². The third kappa shape index (κ3) is 3.66. The van der Waals surface area contributed by atoms with Gasteiger partial charge in [0.15, 0.2) is 17.1 Å². The number of amides is 1. The summed E-state index contributed by atoms with van der Waals surface area (Å²) in [6.07, 6.45) is 0. The Morgan fingerprint density at radius 1 is 1.20 bits per heavy atom. The van der Waals surface area contributed by atoms with Crippen LogP contribution in [0.15, 0.2) is 46.9 Å². The minimum Gasteiger partial charge on any atom is -0.493 e. The van der Waals surface area contributed by atoms with Crippen LogP contribution < -0.4 is 14.8 Å². The summed E-state index contributed by atoms with van der Waals surface area (Å²) < 4.78 is 39.4. The molecule has 0 spiro atoms. The number of fused-ring (bicyclic) bond motifs is 1. The van der Waals surface area contributed by atoms with Crippen LogP contribution in [0.5, 0.6) is 11.5 Å². The first-order valence-electron chi connectivity index (χ1n) is 7.10. The van der Waals surface area contributed by atoms with E-state index in [-0.39, 0.29) is 16.5 Å². The Morgan fingerprint density at radius 3 is 2.68 bits per heavy atom. The third-order valence-electron chi connectivity index (χ3n) is 3.36. The molecule has 1 N–H and O–H groups in total. The monoisotopic (exact) mass is 367 g/mol. The van der Waals surface area contributed by atoms with Crippen LogP contribution in [0.3, 0.4) is 0 Å². The summed E-state index contributed by atoms with van der Waals surface area (Å²) in [5, 5.41) is 3.24. The molecule has 5 nitrogen and oxygen atoms in total. The van der Waals surface area contributed by atoms with Crippen molar-refractivity contribution in [1.82, 2.24) is 0 Å². The van der Waals surface area contributed by atoms with Crippen molar-refractivity contribution in [2.75, 3.05) is 12.4 Å². The fourth-order valence-electron chi connectivity index (χ4n) is 2.27. The number of para-hydroxylation sites is 1. The van der Waals surface area contributed by atoms with E-state index in [2.05, 4.69) is 10.1 Å². The van der Waals surface area contributed by atoms with Gasteiger partial charge in [-0.15, -0.1) is 0 Å². The Hall–Kier alpha value is -2.80. The molecule has 130 valence electrons. The second-order valence-corrected chi connectivity index (χ2v) is 5.37. The van der Waals surface area contributed by atoms with E-state index in [4.69, 9.17) is 20.8 Å². The van der Waals surface area contributed by atoms with E-state index < -0.39 is 12.5 Å². The van der Waals surface area contributed by atoms with Gasteiger partial charge in [-0.05, 0) is 30.3 Å². The molecule has 1 heterocycles. The highest BCUT2D eigenvalue weighted by atomic mass is 35.5. The molecule has 3 aromatic rings. The summed E-state index contributed by atoms with van der Waals surface area (Å²) in [6, 6.07) is 10.8. The van der Waals surface area contributed by atoms with Gasteiger partial charge in [-0.3, -0.25) is 4.79 Å².